The van der Waals surface area contributed by atoms with Crippen molar-refractivity contribution >= 4 is 42.2 Å². The van der Waals surface area contributed by atoms with Gasteiger partial charge in [0.05, 0.1) is 11.3 Å². The SMILES string of the molecule is CC(C)OP(=O)(C(O)C(Cl)(Cl)Cl)C12CC3CC(CC(C3)C1)C2. The highest BCUT2D eigenvalue weighted by molar-refractivity contribution is 7.61. The lowest BCUT2D eigenvalue weighted by atomic mass is 9.56. The molecule has 0 radical (unpaired) electrons. The topological polar surface area (TPSA) is 46.5 Å². The summed E-state index contributed by atoms with van der Waals surface area (Å²) in [6.45, 7) is 3.64. The second-order valence-corrected chi connectivity index (χ2v) is 13.0. The fourth-order valence-corrected chi connectivity index (χ4v) is 9.95. The Labute approximate surface area is 147 Å². The van der Waals surface area contributed by atoms with Gasteiger partial charge in [-0.2, -0.15) is 0 Å². The summed E-state index contributed by atoms with van der Waals surface area (Å²) in [6, 6.07) is 0. The molecule has 22 heavy (non-hydrogen) atoms. The van der Waals surface area contributed by atoms with E-state index in [0.717, 1.165) is 19.3 Å². The van der Waals surface area contributed by atoms with Crippen molar-refractivity contribution in [3.63, 3.8) is 0 Å². The van der Waals surface area contributed by atoms with E-state index in [1.54, 1.807) is 0 Å². The standard InChI is InChI=1S/C15H24Cl3O3P/c1-9(2)21-22(20,13(19)15(16,17)18)14-6-10-3-11(7-14)5-12(4-10)8-14/h9-13,19H,3-8H2,1-2H3. The molecule has 4 rings (SSSR count). The third-order valence-electron chi connectivity index (χ3n) is 5.65. The molecule has 3 nitrogen and oxygen atoms in total. The summed E-state index contributed by atoms with van der Waals surface area (Å²) < 4.78 is 17.8. The lowest BCUT2D eigenvalue weighted by Crippen LogP contribution is -2.53. The van der Waals surface area contributed by atoms with Crippen molar-refractivity contribution in [3.8, 4) is 0 Å². The maximum Gasteiger partial charge on any atom is 0.241 e. The van der Waals surface area contributed by atoms with Gasteiger partial charge in [-0.25, -0.2) is 0 Å². The van der Waals surface area contributed by atoms with Gasteiger partial charge >= 0.3 is 0 Å². The van der Waals surface area contributed by atoms with E-state index in [2.05, 4.69) is 0 Å². The largest absolute Gasteiger partial charge is 0.379 e. The van der Waals surface area contributed by atoms with Crippen LogP contribution in [0.4, 0.5) is 0 Å². The summed E-state index contributed by atoms with van der Waals surface area (Å²) in [7, 11) is -3.53. The molecule has 0 aromatic heterocycles. The van der Waals surface area contributed by atoms with E-state index in [1.165, 1.54) is 19.3 Å². The zero-order chi connectivity index (χ0) is 16.3. The smallest absolute Gasteiger partial charge is 0.241 e. The van der Waals surface area contributed by atoms with Gasteiger partial charge in [0.2, 0.25) is 11.2 Å². The van der Waals surface area contributed by atoms with Gasteiger partial charge in [-0.05, 0) is 70.1 Å². The molecule has 1 N–H and O–H groups in total. The van der Waals surface area contributed by atoms with Gasteiger partial charge in [0.1, 0.15) is 0 Å². The normalized spacial score (nSPS) is 41.7. The van der Waals surface area contributed by atoms with Crippen LogP contribution >= 0.6 is 42.2 Å². The quantitative estimate of drug-likeness (QED) is 0.521. The lowest BCUT2D eigenvalue weighted by Gasteiger charge is -2.59. The van der Waals surface area contributed by atoms with E-state index in [4.69, 9.17) is 39.3 Å². The minimum atomic E-state index is -3.53. The number of hydrogen-bond donors (Lipinski definition) is 1. The van der Waals surface area contributed by atoms with Gasteiger partial charge in [0.15, 0.2) is 5.85 Å². The highest BCUT2D eigenvalue weighted by Gasteiger charge is 2.65. The van der Waals surface area contributed by atoms with E-state index >= 15 is 0 Å². The molecule has 4 fully saturated rings. The first-order chi connectivity index (χ1) is 10.1. The molecule has 0 spiro atoms. The molecule has 4 bridgehead atoms. The van der Waals surface area contributed by atoms with Crippen LogP contribution in [-0.2, 0) is 9.09 Å². The van der Waals surface area contributed by atoms with E-state index in [9.17, 15) is 9.67 Å². The fraction of sp³-hybridized carbons (Fsp3) is 1.00. The van der Waals surface area contributed by atoms with Gasteiger partial charge in [-0.1, -0.05) is 34.8 Å². The number of aliphatic hydroxyl groups excluding tert-OH is 1. The highest BCUT2D eigenvalue weighted by Crippen LogP contribution is 2.76. The number of alkyl halides is 3. The summed E-state index contributed by atoms with van der Waals surface area (Å²) >= 11 is 17.8. The highest BCUT2D eigenvalue weighted by atomic mass is 35.6. The van der Waals surface area contributed by atoms with E-state index in [0.29, 0.717) is 17.8 Å². The maximum atomic E-state index is 13.9. The summed E-state index contributed by atoms with van der Waals surface area (Å²) in [5.41, 5.74) is 0. The minimum Gasteiger partial charge on any atom is -0.379 e. The van der Waals surface area contributed by atoms with Crippen molar-refractivity contribution in [1.29, 1.82) is 0 Å². The van der Waals surface area contributed by atoms with Gasteiger partial charge in [0, 0.05) is 0 Å². The second kappa shape index (κ2) is 5.78. The van der Waals surface area contributed by atoms with Crippen molar-refractivity contribution in [2.45, 2.75) is 73.3 Å². The molecule has 0 aromatic carbocycles. The van der Waals surface area contributed by atoms with Crippen molar-refractivity contribution in [2.75, 3.05) is 0 Å². The van der Waals surface area contributed by atoms with E-state index in [1.807, 2.05) is 13.8 Å². The molecule has 4 aliphatic rings. The second-order valence-electron chi connectivity index (χ2n) is 7.81. The Bertz CT molecular complexity index is 454. The monoisotopic (exact) mass is 388 g/mol. The Kier molecular flexibility index (Phi) is 4.69. The van der Waals surface area contributed by atoms with Gasteiger partial charge in [-0.15, -0.1) is 0 Å². The molecular formula is C15H24Cl3O3P. The van der Waals surface area contributed by atoms with Crippen LogP contribution in [0.2, 0.25) is 0 Å². The lowest BCUT2D eigenvalue weighted by molar-refractivity contribution is 0.0194. The zero-order valence-electron chi connectivity index (χ0n) is 13.0. The van der Waals surface area contributed by atoms with Crippen LogP contribution in [0.15, 0.2) is 0 Å². The summed E-state index contributed by atoms with van der Waals surface area (Å²) in [5, 5.41) is 10.1. The number of hydrogen-bond acceptors (Lipinski definition) is 3. The molecule has 128 valence electrons. The van der Waals surface area contributed by atoms with Gasteiger partial charge in [0.25, 0.3) is 0 Å². The molecule has 2 unspecified atom stereocenters. The molecule has 4 aliphatic carbocycles. The molecular weight excluding hydrogens is 365 g/mol. The van der Waals surface area contributed by atoms with Crippen LogP contribution in [0.5, 0.6) is 0 Å². The van der Waals surface area contributed by atoms with E-state index < -0.39 is 22.2 Å². The van der Waals surface area contributed by atoms with Crippen LogP contribution < -0.4 is 0 Å². The number of halogens is 3. The van der Waals surface area contributed by atoms with Crippen LogP contribution in [0.3, 0.4) is 0 Å². The summed E-state index contributed by atoms with van der Waals surface area (Å²) in [5.74, 6) is 0.178. The number of rotatable bonds is 4. The zero-order valence-corrected chi connectivity index (χ0v) is 16.1. The van der Waals surface area contributed by atoms with Crippen molar-refractivity contribution in [2.24, 2.45) is 17.8 Å². The van der Waals surface area contributed by atoms with Gasteiger partial charge in [-0.3, -0.25) is 4.57 Å². The Morgan fingerprint density at radius 2 is 1.50 bits per heavy atom. The molecule has 0 heterocycles. The average Bonchev–Trinajstić information content (AvgIpc) is 2.33. The van der Waals surface area contributed by atoms with Crippen LogP contribution in [0.25, 0.3) is 0 Å². The third kappa shape index (κ3) is 2.89. The summed E-state index contributed by atoms with van der Waals surface area (Å²) in [6.07, 6.45) is 5.86. The van der Waals surface area contributed by atoms with Crippen molar-refractivity contribution < 1.29 is 14.2 Å². The molecule has 2 atom stereocenters. The molecule has 0 aromatic rings. The Morgan fingerprint density at radius 3 is 1.82 bits per heavy atom. The predicted molar refractivity (Wildman–Crippen MR) is 91.0 cm³/mol. The molecule has 0 amide bonds. The molecule has 4 saturated carbocycles. The van der Waals surface area contributed by atoms with Crippen LogP contribution in [-0.4, -0.2) is 26.0 Å². The Hall–Kier alpha value is 1.02. The van der Waals surface area contributed by atoms with Crippen molar-refractivity contribution in [1.82, 2.24) is 0 Å². The number of aliphatic hydroxyl groups is 1. The average molecular weight is 390 g/mol. The van der Waals surface area contributed by atoms with Crippen LogP contribution in [0.1, 0.15) is 52.4 Å². The Balaban J connectivity index is 2.01. The van der Waals surface area contributed by atoms with E-state index in [-0.39, 0.29) is 6.10 Å². The predicted octanol–water partition coefficient (Wildman–Crippen LogP) is 5.35. The Morgan fingerprint density at radius 1 is 1.09 bits per heavy atom. The molecule has 0 aliphatic heterocycles. The molecule has 7 heteroatoms. The van der Waals surface area contributed by atoms with Crippen molar-refractivity contribution in [3.05, 3.63) is 0 Å². The fourth-order valence-electron chi connectivity index (χ4n) is 5.38. The first-order valence-corrected chi connectivity index (χ1v) is 10.9. The van der Waals surface area contributed by atoms with Crippen LogP contribution in [0, 0.1) is 17.8 Å². The summed E-state index contributed by atoms with van der Waals surface area (Å²) in [4.78, 5) is 0. The molecule has 0 saturated heterocycles. The first kappa shape index (κ1) is 17.8. The first-order valence-electron chi connectivity index (χ1n) is 8.09. The minimum absolute atomic E-state index is 0.277. The van der Waals surface area contributed by atoms with Gasteiger partial charge < -0.3 is 9.63 Å². The third-order valence-corrected chi connectivity index (χ3v) is 10.4. The maximum absolute atomic E-state index is 13.9.